The molecule has 1 aromatic heterocycles. The lowest BCUT2D eigenvalue weighted by Gasteiger charge is -2.36. The first-order valence-corrected chi connectivity index (χ1v) is 14.3. The molecule has 0 saturated carbocycles. The molecule has 0 unspecified atom stereocenters. The molecule has 0 atom stereocenters. The van der Waals surface area contributed by atoms with E-state index in [0.717, 1.165) is 55.2 Å². The molecular weight excluding hydrogens is 528 g/mol. The summed E-state index contributed by atoms with van der Waals surface area (Å²) in [6.45, 7) is 11.5. The van der Waals surface area contributed by atoms with Crippen LogP contribution < -0.4 is 25.0 Å². The maximum Gasteiger partial charge on any atom is 0.262 e. The smallest absolute Gasteiger partial charge is 0.262 e. The van der Waals surface area contributed by atoms with Crippen LogP contribution in [0.2, 0.25) is 0 Å². The molecule has 2 heterocycles. The molecule has 0 spiro atoms. The monoisotopic (exact) mass is 566 g/mol. The SMILES string of the molecule is CCCN1CCN(c2ccc(Nc3ncc(C(=O)Nc4c(C)cccc4C)c(Oc4ccc(OC)cc4)n3)cc2)CC1. The lowest BCUT2D eigenvalue weighted by molar-refractivity contribution is 0.102. The molecule has 1 fully saturated rings. The van der Waals surface area contributed by atoms with Crippen molar-refractivity contribution in [2.45, 2.75) is 27.2 Å². The first-order valence-electron chi connectivity index (χ1n) is 14.3. The minimum atomic E-state index is -0.356. The van der Waals surface area contributed by atoms with E-state index in [2.05, 4.69) is 49.5 Å². The fourth-order valence-corrected chi connectivity index (χ4v) is 5.04. The third kappa shape index (κ3) is 6.98. The Balaban J connectivity index is 1.35. The molecule has 9 heteroatoms. The fraction of sp³-hybridized carbons (Fsp3) is 0.303. The summed E-state index contributed by atoms with van der Waals surface area (Å²) < 4.78 is 11.4. The average Bonchev–Trinajstić information content (AvgIpc) is 3.00. The van der Waals surface area contributed by atoms with E-state index < -0.39 is 0 Å². The summed E-state index contributed by atoms with van der Waals surface area (Å²) in [7, 11) is 1.61. The number of ether oxygens (including phenoxy) is 2. The second kappa shape index (κ2) is 13.4. The highest BCUT2D eigenvalue weighted by Gasteiger charge is 2.20. The number of piperazine rings is 1. The number of aryl methyl sites for hydroxylation is 2. The van der Waals surface area contributed by atoms with Crippen LogP contribution in [0.15, 0.2) is 72.9 Å². The molecule has 42 heavy (non-hydrogen) atoms. The number of carbonyl (C=O) groups excluding carboxylic acids is 1. The van der Waals surface area contributed by atoms with Gasteiger partial charge >= 0.3 is 0 Å². The van der Waals surface area contributed by atoms with Crippen molar-refractivity contribution in [1.29, 1.82) is 0 Å². The maximum atomic E-state index is 13.4. The van der Waals surface area contributed by atoms with Gasteiger partial charge in [0.05, 0.1) is 7.11 Å². The predicted octanol–water partition coefficient (Wildman–Crippen LogP) is 6.42. The third-order valence-corrected chi connectivity index (χ3v) is 7.39. The van der Waals surface area contributed by atoms with Gasteiger partial charge in [-0.25, -0.2) is 4.98 Å². The van der Waals surface area contributed by atoms with E-state index in [9.17, 15) is 4.79 Å². The van der Waals surface area contributed by atoms with Crippen molar-refractivity contribution in [3.8, 4) is 17.4 Å². The molecule has 0 radical (unpaired) electrons. The third-order valence-electron chi connectivity index (χ3n) is 7.39. The van der Waals surface area contributed by atoms with Crippen molar-refractivity contribution in [2.75, 3.05) is 55.4 Å². The Hall–Kier alpha value is -4.63. The zero-order chi connectivity index (χ0) is 29.5. The van der Waals surface area contributed by atoms with Crippen LogP contribution in [0, 0.1) is 13.8 Å². The van der Waals surface area contributed by atoms with Gasteiger partial charge in [0.15, 0.2) is 0 Å². The van der Waals surface area contributed by atoms with Crippen LogP contribution in [0.1, 0.15) is 34.8 Å². The summed E-state index contributed by atoms with van der Waals surface area (Å²) in [5.41, 5.74) is 4.94. The summed E-state index contributed by atoms with van der Waals surface area (Å²) in [5, 5.41) is 6.26. The molecule has 1 amide bonds. The minimum Gasteiger partial charge on any atom is -0.497 e. The van der Waals surface area contributed by atoms with Crippen molar-refractivity contribution in [2.24, 2.45) is 0 Å². The number of hydrogen-bond acceptors (Lipinski definition) is 8. The van der Waals surface area contributed by atoms with Gasteiger partial charge in [-0.2, -0.15) is 4.98 Å². The van der Waals surface area contributed by atoms with Crippen LogP contribution >= 0.6 is 0 Å². The predicted molar refractivity (Wildman–Crippen MR) is 168 cm³/mol. The number of anilines is 4. The number of methoxy groups -OCH3 is 1. The van der Waals surface area contributed by atoms with Gasteiger partial charge < -0.3 is 25.0 Å². The Morgan fingerprint density at radius 1 is 0.905 bits per heavy atom. The van der Waals surface area contributed by atoms with Crippen molar-refractivity contribution < 1.29 is 14.3 Å². The minimum absolute atomic E-state index is 0.142. The second-order valence-electron chi connectivity index (χ2n) is 10.4. The number of nitrogens with zero attached hydrogens (tertiary/aromatic N) is 4. The van der Waals surface area contributed by atoms with Crippen LogP contribution in [0.5, 0.6) is 17.4 Å². The Labute approximate surface area is 247 Å². The van der Waals surface area contributed by atoms with Crippen molar-refractivity contribution in [3.63, 3.8) is 0 Å². The topological polar surface area (TPSA) is 91.9 Å². The molecule has 1 aliphatic heterocycles. The van der Waals surface area contributed by atoms with E-state index in [1.165, 1.54) is 18.3 Å². The Morgan fingerprint density at radius 2 is 1.57 bits per heavy atom. The molecule has 5 rings (SSSR count). The molecule has 4 aromatic rings. The highest BCUT2D eigenvalue weighted by Crippen LogP contribution is 2.29. The normalized spacial score (nSPS) is 13.5. The number of benzene rings is 3. The number of rotatable bonds is 10. The molecule has 2 N–H and O–H groups in total. The van der Waals surface area contributed by atoms with E-state index in [1.807, 2.05) is 44.2 Å². The zero-order valence-corrected chi connectivity index (χ0v) is 24.7. The van der Waals surface area contributed by atoms with E-state index in [0.29, 0.717) is 17.4 Å². The van der Waals surface area contributed by atoms with Crippen LogP contribution in [-0.2, 0) is 0 Å². The summed E-state index contributed by atoms with van der Waals surface area (Å²) >= 11 is 0. The number of para-hydroxylation sites is 1. The molecule has 9 nitrogen and oxygen atoms in total. The van der Waals surface area contributed by atoms with E-state index in [-0.39, 0.29) is 17.4 Å². The Morgan fingerprint density at radius 3 is 2.21 bits per heavy atom. The van der Waals surface area contributed by atoms with Gasteiger partial charge in [0.2, 0.25) is 11.8 Å². The van der Waals surface area contributed by atoms with Gasteiger partial charge in [0.25, 0.3) is 5.91 Å². The molecule has 218 valence electrons. The number of aromatic nitrogens is 2. The van der Waals surface area contributed by atoms with Gasteiger partial charge in [-0.05, 0) is 86.5 Å². The first kappa shape index (κ1) is 28.9. The van der Waals surface area contributed by atoms with Gasteiger partial charge in [-0.15, -0.1) is 0 Å². The number of amides is 1. The average molecular weight is 567 g/mol. The number of carbonyl (C=O) groups is 1. The van der Waals surface area contributed by atoms with Crippen molar-refractivity contribution >= 4 is 28.9 Å². The molecule has 3 aromatic carbocycles. The summed E-state index contributed by atoms with van der Waals surface area (Å²) in [4.78, 5) is 27.4. The Bertz CT molecular complexity index is 1480. The molecular formula is C33H38N6O3. The maximum absolute atomic E-state index is 13.4. The van der Waals surface area contributed by atoms with Crippen LogP contribution in [-0.4, -0.2) is 60.6 Å². The van der Waals surface area contributed by atoms with E-state index >= 15 is 0 Å². The highest BCUT2D eigenvalue weighted by atomic mass is 16.5. The number of nitrogens with one attached hydrogen (secondary N) is 2. The van der Waals surface area contributed by atoms with Gasteiger partial charge in [0, 0.05) is 49.4 Å². The van der Waals surface area contributed by atoms with Gasteiger partial charge in [0.1, 0.15) is 17.1 Å². The van der Waals surface area contributed by atoms with E-state index in [1.54, 1.807) is 31.4 Å². The quantitative estimate of drug-likeness (QED) is 0.227. The zero-order valence-electron chi connectivity index (χ0n) is 24.7. The lowest BCUT2D eigenvalue weighted by atomic mass is 10.1. The van der Waals surface area contributed by atoms with Crippen molar-refractivity contribution in [3.05, 3.63) is 89.6 Å². The first-order chi connectivity index (χ1) is 20.4. The molecule has 1 aliphatic rings. The largest absolute Gasteiger partial charge is 0.497 e. The van der Waals surface area contributed by atoms with Crippen LogP contribution in [0.25, 0.3) is 0 Å². The summed E-state index contributed by atoms with van der Waals surface area (Å²) in [6, 6.07) is 21.2. The van der Waals surface area contributed by atoms with Crippen LogP contribution in [0.4, 0.5) is 23.0 Å². The van der Waals surface area contributed by atoms with Crippen LogP contribution in [0.3, 0.4) is 0 Å². The van der Waals surface area contributed by atoms with Gasteiger partial charge in [-0.1, -0.05) is 25.1 Å². The summed E-state index contributed by atoms with van der Waals surface area (Å²) in [6.07, 6.45) is 2.68. The standard InChI is InChI=1S/C33H38N6O3/c1-5-17-38-18-20-39(21-19-38)26-11-9-25(10-12-26)35-33-34-22-29(31(40)36-30-23(2)7-6-8-24(30)3)32(37-33)42-28-15-13-27(41-4)14-16-28/h6-16,22H,5,17-21H2,1-4H3,(H,36,40)(H,34,35,37). The lowest BCUT2D eigenvalue weighted by Crippen LogP contribution is -2.46. The van der Waals surface area contributed by atoms with E-state index in [4.69, 9.17) is 9.47 Å². The molecule has 0 aliphatic carbocycles. The molecule has 1 saturated heterocycles. The summed E-state index contributed by atoms with van der Waals surface area (Å²) in [5.74, 6) is 1.33. The van der Waals surface area contributed by atoms with Crippen molar-refractivity contribution in [1.82, 2.24) is 14.9 Å². The number of hydrogen-bond donors (Lipinski definition) is 2. The Kier molecular flexibility index (Phi) is 9.18. The fourth-order valence-electron chi connectivity index (χ4n) is 5.04. The van der Waals surface area contributed by atoms with Gasteiger partial charge in [-0.3, -0.25) is 9.69 Å². The molecule has 0 bridgehead atoms. The highest BCUT2D eigenvalue weighted by molar-refractivity contribution is 6.06. The second-order valence-corrected chi connectivity index (χ2v) is 10.4.